The van der Waals surface area contributed by atoms with E-state index in [1.807, 2.05) is 12.1 Å². The second-order valence-electron chi connectivity index (χ2n) is 7.38. The number of amides is 2. The Morgan fingerprint density at radius 3 is 2.70 bits per heavy atom. The Kier molecular flexibility index (Phi) is 9.25. The van der Waals surface area contributed by atoms with Crippen LogP contribution in [0.25, 0.3) is 0 Å². The molecule has 0 saturated carbocycles. The number of nitrogens with zero attached hydrogens (tertiary/aromatic N) is 2. The van der Waals surface area contributed by atoms with Crippen LogP contribution in [-0.4, -0.2) is 47.4 Å². The van der Waals surface area contributed by atoms with E-state index in [-0.39, 0.29) is 23.8 Å². The summed E-state index contributed by atoms with van der Waals surface area (Å²) in [6.07, 6.45) is 8.52. The summed E-state index contributed by atoms with van der Waals surface area (Å²) in [5.74, 6) is 0.167. The van der Waals surface area contributed by atoms with Gasteiger partial charge in [-0.15, -0.1) is 0 Å². The fourth-order valence-corrected chi connectivity index (χ4v) is 3.53. The van der Waals surface area contributed by atoms with Crippen molar-refractivity contribution in [2.75, 3.05) is 19.6 Å². The molecule has 0 aromatic carbocycles. The summed E-state index contributed by atoms with van der Waals surface area (Å²) in [4.78, 5) is 31.2. The lowest BCUT2D eigenvalue weighted by Gasteiger charge is -2.23. The third kappa shape index (κ3) is 7.67. The van der Waals surface area contributed by atoms with Gasteiger partial charge < -0.3 is 10.6 Å². The van der Waals surface area contributed by atoms with Crippen LogP contribution < -0.4 is 10.6 Å². The predicted molar refractivity (Wildman–Crippen MR) is 107 cm³/mol. The van der Waals surface area contributed by atoms with Crippen LogP contribution in [0.2, 0.25) is 0 Å². The number of pyridine rings is 1. The first-order valence-corrected chi connectivity index (χ1v) is 10.3. The third-order valence-electron chi connectivity index (χ3n) is 5.36. The van der Waals surface area contributed by atoms with Gasteiger partial charge in [-0.3, -0.25) is 19.5 Å². The molecule has 2 rings (SSSR count). The van der Waals surface area contributed by atoms with E-state index in [0.29, 0.717) is 19.4 Å². The SMILES string of the molecule is CCC(CC)NC(=O)C1CCCN(Cc2ccncc2)CCC(=O)NCC1. The van der Waals surface area contributed by atoms with Crippen LogP contribution in [0, 0.1) is 5.92 Å². The fraction of sp³-hybridized carbons (Fsp3) is 0.667. The molecule has 0 aliphatic carbocycles. The maximum absolute atomic E-state index is 12.7. The maximum atomic E-state index is 12.7. The van der Waals surface area contributed by atoms with E-state index in [1.54, 1.807) is 12.4 Å². The van der Waals surface area contributed by atoms with Crippen LogP contribution in [0.15, 0.2) is 24.5 Å². The highest BCUT2D eigenvalue weighted by atomic mass is 16.2. The summed E-state index contributed by atoms with van der Waals surface area (Å²) >= 11 is 0. The molecule has 1 aliphatic heterocycles. The number of aromatic nitrogens is 1. The van der Waals surface area contributed by atoms with Gasteiger partial charge in [-0.05, 0) is 56.3 Å². The smallest absolute Gasteiger partial charge is 0.223 e. The van der Waals surface area contributed by atoms with Crippen LogP contribution in [0.4, 0.5) is 0 Å². The van der Waals surface area contributed by atoms with Crippen LogP contribution in [-0.2, 0) is 16.1 Å². The summed E-state index contributed by atoms with van der Waals surface area (Å²) in [6, 6.07) is 4.27. The number of hydrogen-bond acceptors (Lipinski definition) is 4. The molecule has 2 N–H and O–H groups in total. The fourth-order valence-electron chi connectivity index (χ4n) is 3.53. The standard InChI is InChI=1S/C21H34N4O2/c1-3-19(4-2)24-21(27)18-6-5-14-25(15-10-20(26)23-13-9-18)16-17-7-11-22-12-8-17/h7-8,11-12,18-19H,3-6,9-10,13-16H2,1-2H3,(H,23,26)(H,24,27). The highest BCUT2D eigenvalue weighted by molar-refractivity contribution is 5.79. The lowest BCUT2D eigenvalue weighted by atomic mass is 9.97. The molecule has 2 heterocycles. The van der Waals surface area contributed by atoms with Gasteiger partial charge in [0.2, 0.25) is 11.8 Å². The molecule has 1 aromatic heterocycles. The average molecular weight is 375 g/mol. The van der Waals surface area contributed by atoms with Crippen molar-refractivity contribution in [1.82, 2.24) is 20.5 Å². The number of nitrogens with one attached hydrogen (secondary N) is 2. The van der Waals surface area contributed by atoms with E-state index in [9.17, 15) is 9.59 Å². The molecule has 1 unspecified atom stereocenters. The molecule has 27 heavy (non-hydrogen) atoms. The van der Waals surface area contributed by atoms with E-state index in [4.69, 9.17) is 0 Å². The quantitative estimate of drug-likeness (QED) is 0.802. The topological polar surface area (TPSA) is 74.3 Å². The Morgan fingerprint density at radius 2 is 2.00 bits per heavy atom. The van der Waals surface area contributed by atoms with E-state index in [1.165, 1.54) is 5.56 Å². The molecule has 0 spiro atoms. The molecule has 1 saturated heterocycles. The summed E-state index contributed by atoms with van der Waals surface area (Å²) in [6.45, 7) is 7.21. The zero-order chi connectivity index (χ0) is 19.5. The van der Waals surface area contributed by atoms with Crippen molar-refractivity contribution < 1.29 is 9.59 Å². The van der Waals surface area contributed by atoms with Gasteiger partial charge in [-0.1, -0.05) is 13.8 Å². The van der Waals surface area contributed by atoms with Crippen LogP contribution in [0.3, 0.4) is 0 Å². The van der Waals surface area contributed by atoms with E-state index in [2.05, 4.69) is 34.4 Å². The Morgan fingerprint density at radius 1 is 1.26 bits per heavy atom. The van der Waals surface area contributed by atoms with Gasteiger partial charge in [0.05, 0.1) is 0 Å². The van der Waals surface area contributed by atoms with Crippen molar-refractivity contribution in [2.45, 2.75) is 65.0 Å². The number of hydrogen-bond donors (Lipinski definition) is 2. The second kappa shape index (κ2) is 11.7. The molecule has 1 fully saturated rings. The predicted octanol–water partition coefficient (Wildman–Crippen LogP) is 2.49. The minimum Gasteiger partial charge on any atom is -0.356 e. The van der Waals surface area contributed by atoms with Gasteiger partial charge >= 0.3 is 0 Å². The van der Waals surface area contributed by atoms with Gasteiger partial charge in [-0.2, -0.15) is 0 Å². The van der Waals surface area contributed by atoms with Crippen LogP contribution >= 0.6 is 0 Å². The Balaban J connectivity index is 1.96. The largest absolute Gasteiger partial charge is 0.356 e. The zero-order valence-electron chi connectivity index (χ0n) is 16.7. The maximum Gasteiger partial charge on any atom is 0.223 e. The minimum absolute atomic E-state index is 0.0354. The monoisotopic (exact) mass is 374 g/mol. The highest BCUT2D eigenvalue weighted by Crippen LogP contribution is 2.15. The summed E-state index contributed by atoms with van der Waals surface area (Å²) in [5.41, 5.74) is 1.20. The summed E-state index contributed by atoms with van der Waals surface area (Å²) in [7, 11) is 0. The van der Waals surface area contributed by atoms with Crippen LogP contribution in [0.5, 0.6) is 0 Å². The Labute approximate surface area is 163 Å². The number of rotatable bonds is 6. The van der Waals surface area contributed by atoms with E-state index in [0.717, 1.165) is 45.3 Å². The van der Waals surface area contributed by atoms with Crippen molar-refractivity contribution in [3.8, 4) is 0 Å². The van der Waals surface area contributed by atoms with Crippen molar-refractivity contribution >= 4 is 11.8 Å². The molecule has 6 nitrogen and oxygen atoms in total. The molecule has 2 amide bonds. The van der Waals surface area contributed by atoms with Crippen molar-refractivity contribution in [2.24, 2.45) is 5.92 Å². The lowest BCUT2D eigenvalue weighted by Crippen LogP contribution is -2.39. The molecule has 1 atom stereocenters. The molecule has 0 radical (unpaired) electrons. The van der Waals surface area contributed by atoms with Gasteiger partial charge in [0, 0.05) is 50.4 Å². The first-order valence-electron chi connectivity index (χ1n) is 10.3. The van der Waals surface area contributed by atoms with Crippen molar-refractivity contribution in [3.63, 3.8) is 0 Å². The first-order chi connectivity index (χ1) is 13.1. The Bertz CT molecular complexity index is 575. The number of carbonyl (C=O) groups is 2. The van der Waals surface area contributed by atoms with Crippen molar-refractivity contribution in [3.05, 3.63) is 30.1 Å². The van der Waals surface area contributed by atoms with Crippen molar-refractivity contribution in [1.29, 1.82) is 0 Å². The van der Waals surface area contributed by atoms with Gasteiger partial charge in [-0.25, -0.2) is 0 Å². The van der Waals surface area contributed by atoms with Crippen LogP contribution in [0.1, 0.15) is 57.9 Å². The highest BCUT2D eigenvalue weighted by Gasteiger charge is 2.22. The summed E-state index contributed by atoms with van der Waals surface area (Å²) < 4.78 is 0. The summed E-state index contributed by atoms with van der Waals surface area (Å²) in [5, 5.41) is 6.15. The lowest BCUT2D eigenvalue weighted by molar-refractivity contribution is -0.126. The zero-order valence-corrected chi connectivity index (χ0v) is 16.7. The Hall–Kier alpha value is -1.95. The molecule has 6 heteroatoms. The number of carbonyl (C=O) groups excluding carboxylic acids is 2. The van der Waals surface area contributed by atoms with E-state index < -0.39 is 0 Å². The minimum atomic E-state index is -0.0354. The third-order valence-corrected chi connectivity index (χ3v) is 5.36. The van der Waals surface area contributed by atoms with E-state index >= 15 is 0 Å². The molecule has 1 aromatic rings. The van der Waals surface area contributed by atoms with Gasteiger partial charge in [0.1, 0.15) is 0 Å². The molecule has 1 aliphatic rings. The second-order valence-corrected chi connectivity index (χ2v) is 7.38. The normalized spacial score (nSPS) is 20.0. The molecular weight excluding hydrogens is 340 g/mol. The molecular formula is C21H34N4O2. The molecule has 150 valence electrons. The first kappa shape index (κ1) is 21.4. The molecule has 0 bridgehead atoms. The average Bonchev–Trinajstić information content (AvgIpc) is 2.72. The van der Waals surface area contributed by atoms with Gasteiger partial charge in [0.15, 0.2) is 0 Å². The van der Waals surface area contributed by atoms with Gasteiger partial charge in [0.25, 0.3) is 0 Å².